The molecule has 1 aromatic carbocycles. The van der Waals surface area contributed by atoms with Crippen molar-refractivity contribution in [1.82, 2.24) is 9.38 Å². The Morgan fingerprint density at radius 2 is 2.18 bits per heavy atom. The van der Waals surface area contributed by atoms with Gasteiger partial charge in [0, 0.05) is 6.20 Å². The first-order valence-electron chi connectivity index (χ1n) is 6.29. The predicted octanol–water partition coefficient (Wildman–Crippen LogP) is 1.23. The summed E-state index contributed by atoms with van der Waals surface area (Å²) in [6.07, 6.45) is 1.30. The monoisotopic (exact) mass is 295 g/mol. The molecule has 0 saturated carbocycles. The van der Waals surface area contributed by atoms with Crippen LogP contribution in [0.2, 0.25) is 0 Å². The van der Waals surface area contributed by atoms with Crippen LogP contribution in [0.1, 0.15) is 10.4 Å². The highest BCUT2D eigenvalue weighted by Crippen LogP contribution is 2.16. The van der Waals surface area contributed by atoms with E-state index in [0.717, 1.165) is 0 Å². The third-order valence-corrected chi connectivity index (χ3v) is 3.09. The molecule has 0 aliphatic carbocycles. The first-order valence-corrected chi connectivity index (χ1v) is 6.29. The first kappa shape index (κ1) is 13.6. The smallest absolute Gasteiger partial charge is 0.340 e. The van der Waals surface area contributed by atoms with E-state index in [-0.39, 0.29) is 23.3 Å². The molecule has 7 nitrogen and oxygen atoms in total. The van der Waals surface area contributed by atoms with E-state index >= 15 is 0 Å². The minimum atomic E-state index is -0.702. The quantitative estimate of drug-likeness (QED) is 0.563. The van der Waals surface area contributed by atoms with Gasteiger partial charge in [0.15, 0.2) is 6.61 Å². The van der Waals surface area contributed by atoms with E-state index in [9.17, 15) is 14.7 Å². The van der Waals surface area contributed by atoms with Gasteiger partial charge >= 0.3 is 5.97 Å². The maximum Gasteiger partial charge on any atom is 0.340 e. The minimum Gasteiger partial charge on any atom is -0.508 e. The lowest BCUT2D eigenvalue weighted by atomic mass is 10.2. The molecule has 3 aromatic rings. The molecule has 108 valence electrons. The number of aromatic nitrogens is 2. The number of fused-ring (bicyclic) bond motifs is 2. The first-order chi connectivity index (χ1) is 10.6. The molecule has 2 heterocycles. The summed E-state index contributed by atoms with van der Waals surface area (Å²) in [6.45, 7) is -0.365. The highest BCUT2D eigenvalue weighted by molar-refractivity contribution is 5.90. The van der Waals surface area contributed by atoms with Crippen LogP contribution in [0.4, 0.5) is 0 Å². The van der Waals surface area contributed by atoms with Gasteiger partial charge in [0.2, 0.25) is 0 Å². The summed E-state index contributed by atoms with van der Waals surface area (Å²) in [7, 11) is 0. The average Bonchev–Trinajstić information content (AvgIpc) is 2.53. The van der Waals surface area contributed by atoms with Crippen LogP contribution in [-0.4, -0.2) is 27.1 Å². The Bertz CT molecular complexity index is 1000. The molecule has 0 radical (unpaired) electrons. The number of phenols is 1. The summed E-state index contributed by atoms with van der Waals surface area (Å²) in [4.78, 5) is 28.5. The number of ether oxygens (including phenoxy) is 1. The van der Waals surface area contributed by atoms with Crippen molar-refractivity contribution in [1.29, 1.82) is 5.26 Å². The molecule has 0 unspecified atom stereocenters. The summed E-state index contributed by atoms with van der Waals surface area (Å²) in [6, 6.07) is 8.98. The molecule has 0 spiro atoms. The highest BCUT2D eigenvalue weighted by atomic mass is 16.5. The van der Waals surface area contributed by atoms with Crippen molar-refractivity contribution in [2.75, 3.05) is 6.61 Å². The zero-order valence-corrected chi connectivity index (χ0v) is 11.2. The molecule has 2 aromatic heterocycles. The van der Waals surface area contributed by atoms with Crippen LogP contribution in [-0.2, 0) is 4.74 Å². The van der Waals surface area contributed by atoms with E-state index in [1.165, 1.54) is 34.9 Å². The molecule has 0 fully saturated rings. The summed E-state index contributed by atoms with van der Waals surface area (Å²) in [5.41, 5.74) is 0.527. The molecule has 7 heteroatoms. The second-order valence-corrected chi connectivity index (χ2v) is 4.50. The van der Waals surface area contributed by atoms with Gasteiger partial charge in [-0.2, -0.15) is 5.26 Å². The normalized spacial score (nSPS) is 10.5. The Hall–Kier alpha value is -3.40. The van der Waals surface area contributed by atoms with Crippen LogP contribution in [0.5, 0.6) is 5.75 Å². The summed E-state index contributed by atoms with van der Waals surface area (Å²) in [5, 5.41) is 18.1. The zero-order valence-electron chi connectivity index (χ0n) is 11.2. The number of pyridine rings is 1. The summed E-state index contributed by atoms with van der Waals surface area (Å²) in [5.74, 6) is -0.748. The summed E-state index contributed by atoms with van der Waals surface area (Å²) >= 11 is 0. The van der Waals surface area contributed by atoms with Gasteiger partial charge in [-0.3, -0.25) is 9.20 Å². The Balaban J connectivity index is 2.21. The van der Waals surface area contributed by atoms with Crippen molar-refractivity contribution in [3.05, 3.63) is 52.4 Å². The van der Waals surface area contributed by atoms with E-state index in [2.05, 4.69) is 4.98 Å². The van der Waals surface area contributed by atoms with Crippen molar-refractivity contribution < 1.29 is 14.6 Å². The molecule has 1 N–H and O–H groups in total. The van der Waals surface area contributed by atoms with E-state index in [0.29, 0.717) is 11.2 Å². The number of phenolic OH excluding ortho intramolecular Hbond substituents is 1. The lowest BCUT2D eigenvalue weighted by Gasteiger charge is -2.06. The lowest BCUT2D eigenvalue weighted by Crippen LogP contribution is -2.17. The van der Waals surface area contributed by atoms with Gasteiger partial charge in [-0.1, -0.05) is 0 Å². The number of nitrogens with zero attached hydrogens (tertiary/aromatic N) is 3. The van der Waals surface area contributed by atoms with Crippen molar-refractivity contribution >= 4 is 22.5 Å². The Labute approximate surface area is 123 Å². The molecule has 0 saturated heterocycles. The van der Waals surface area contributed by atoms with Gasteiger partial charge in [-0.15, -0.1) is 0 Å². The maximum atomic E-state index is 12.4. The van der Waals surface area contributed by atoms with Crippen LogP contribution in [0, 0.1) is 11.3 Å². The fourth-order valence-corrected chi connectivity index (χ4v) is 2.09. The number of esters is 1. The number of benzene rings is 1. The van der Waals surface area contributed by atoms with Crippen LogP contribution in [0.15, 0.2) is 41.3 Å². The number of hydrogen-bond acceptors (Lipinski definition) is 6. The number of carbonyl (C=O) groups is 1. The maximum absolute atomic E-state index is 12.4. The number of hydrogen-bond donors (Lipinski definition) is 1. The molecule has 0 atom stereocenters. The van der Waals surface area contributed by atoms with Gasteiger partial charge < -0.3 is 9.84 Å². The van der Waals surface area contributed by atoms with Crippen LogP contribution in [0.3, 0.4) is 0 Å². The third-order valence-electron chi connectivity index (χ3n) is 3.09. The van der Waals surface area contributed by atoms with Gasteiger partial charge in [-0.25, -0.2) is 9.78 Å². The third kappa shape index (κ3) is 2.23. The average molecular weight is 295 g/mol. The van der Waals surface area contributed by atoms with Gasteiger partial charge in [0.25, 0.3) is 5.56 Å². The van der Waals surface area contributed by atoms with E-state index in [1.807, 2.05) is 0 Å². The lowest BCUT2D eigenvalue weighted by molar-refractivity contribution is 0.0554. The predicted molar refractivity (Wildman–Crippen MR) is 76.5 cm³/mol. The Kier molecular flexibility index (Phi) is 3.20. The Morgan fingerprint density at radius 3 is 2.95 bits per heavy atom. The molecule has 0 aliphatic heterocycles. The standard InChI is InChI=1S/C15H9N3O4/c16-5-6-22-15(21)9-1-4-13-17-12-3-2-10(19)7-11(12)14(20)18(13)8-9/h1-4,7-8,19H,6H2. The van der Waals surface area contributed by atoms with Crippen LogP contribution >= 0.6 is 0 Å². The summed E-state index contributed by atoms with van der Waals surface area (Å²) < 4.78 is 5.90. The molecule has 0 bridgehead atoms. The number of rotatable bonds is 2. The van der Waals surface area contributed by atoms with Crippen molar-refractivity contribution in [2.45, 2.75) is 0 Å². The number of nitriles is 1. The number of aromatic hydroxyl groups is 1. The highest BCUT2D eigenvalue weighted by Gasteiger charge is 2.11. The van der Waals surface area contributed by atoms with E-state index in [1.54, 1.807) is 12.1 Å². The van der Waals surface area contributed by atoms with Gasteiger partial charge in [0.05, 0.1) is 16.5 Å². The fraction of sp³-hybridized carbons (Fsp3) is 0.0667. The zero-order chi connectivity index (χ0) is 15.7. The second-order valence-electron chi connectivity index (χ2n) is 4.50. The number of carbonyl (C=O) groups excluding carboxylic acids is 1. The molecule has 0 amide bonds. The van der Waals surface area contributed by atoms with Crippen molar-refractivity contribution in [2.24, 2.45) is 0 Å². The largest absolute Gasteiger partial charge is 0.508 e. The van der Waals surface area contributed by atoms with Crippen LogP contribution in [0.25, 0.3) is 16.6 Å². The fourth-order valence-electron chi connectivity index (χ4n) is 2.09. The van der Waals surface area contributed by atoms with Crippen molar-refractivity contribution in [3.63, 3.8) is 0 Å². The van der Waals surface area contributed by atoms with Crippen molar-refractivity contribution in [3.8, 4) is 11.8 Å². The molecule has 3 rings (SSSR count). The van der Waals surface area contributed by atoms with E-state index in [4.69, 9.17) is 10.00 Å². The SMILES string of the molecule is N#CCOC(=O)c1ccc2nc3ccc(O)cc3c(=O)n2c1. The Morgan fingerprint density at radius 1 is 1.36 bits per heavy atom. The molecule has 0 aliphatic rings. The van der Waals surface area contributed by atoms with Crippen LogP contribution < -0.4 is 5.56 Å². The molecular weight excluding hydrogens is 286 g/mol. The molecular formula is C15H9N3O4. The minimum absolute atomic E-state index is 0.0454. The van der Waals surface area contributed by atoms with Gasteiger partial charge in [0.1, 0.15) is 17.5 Å². The topological polar surface area (TPSA) is 105 Å². The van der Waals surface area contributed by atoms with Gasteiger partial charge in [-0.05, 0) is 30.3 Å². The van der Waals surface area contributed by atoms with E-state index < -0.39 is 11.5 Å². The molecule has 22 heavy (non-hydrogen) atoms. The second kappa shape index (κ2) is 5.18.